The van der Waals surface area contributed by atoms with Crippen LogP contribution in [0.4, 0.5) is 0 Å². The number of phenolic OH excluding ortho intramolecular Hbond substituents is 1. The maximum absolute atomic E-state index is 11.9. The maximum atomic E-state index is 11.9. The highest BCUT2D eigenvalue weighted by Crippen LogP contribution is 2.69. The van der Waals surface area contributed by atoms with E-state index in [1.54, 1.807) is 12.1 Å². The molecule has 18 atom stereocenters. The fraction of sp³-hybridized carbons (Fsp3) is 0.844. The number of aliphatic hydroxyl groups is 1. The number of aromatic hydroxyl groups is 1. The highest BCUT2D eigenvalue weighted by molar-refractivity contribution is 5.66. The molecule has 1 aromatic carbocycles. The second kappa shape index (κ2) is 13.7. The van der Waals surface area contributed by atoms with E-state index in [1.165, 1.54) is 25.7 Å². The van der Waals surface area contributed by atoms with Crippen LogP contribution >= 0.6 is 0 Å². The zero-order valence-corrected chi connectivity index (χ0v) is 33.9. The topological polar surface area (TPSA) is 133 Å². The first-order valence-corrected chi connectivity index (χ1v) is 21.9. The van der Waals surface area contributed by atoms with E-state index in [1.807, 2.05) is 13.0 Å². The second-order valence-corrected chi connectivity index (χ2v) is 20.5. The number of ether oxygens (including phenoxy) is 4. The lowest BCUT2D eigenvalue weighted by Gasteiger charge is -2.62. The number of fused-ring (bicyclic) bond motifs is 7. The quantitative estimate of drug-likeness (QED) is 0.221. The fourth-order valence-corrected chi connectivity index (χ4v) is 14.9. The largest absolute Gasteiger partial charge is 0.508 e. The van der Waals surface area contributed by atoms with Crippen LogP contribution in [0.25, 0.3) is 0 Å². The molecule has 9 unspecified atom stereocenters. The van der Waals surface area contributed by atoms with Crippen molar-refractivity contribution in [2.75, 3.05) is 0 Å². The number of carboxylic acids is 1. The Morgan fingerprint density at radius 3 is 2.33 bits per heavy atom. The third-order valence-corrected chi connectivity index (χ3v) is 17.7. The average Bonchev–Trinajstić information content (AvgIpc) is 3.33. The van der Waals surface area contributed by atoms with Gasteiger partial charge in [-0.25, -0.2) is 9.78 Å². The van der Waals surface area contributed by atoms with E-state index < -0.39 is 29.9 Å². The molecular formula is C45H66O10. The van der Waals surface area contributed by atoms with Gasteiger partial charge in [-0.1, -0.05) is 34.6 Å². The van der Waals surface area contributed by atoms with Crippen LogP contribution in [0.1, 0.15) is 131 Å². The number of carbonyl (C=O) groups is 1. The van der Waals surface area contributed by atoms with Crippen LogP contribution in [0, 0.1) is 70.0 Å². The number of aliphatic carboxylic acids is 1. The van der Waals surface area contributed by atoms with E-state index in [4.69, 9.17) is 28.7 Å². The zero-order valence-electron chi connectivity index (χ0n) is 33.9. The molecule has 4 saturated heterocycles. The van der Waals surface area contributed by atoms with Crippen molar-refractivity contribution in [3.05, 3.63) is 18.2 Å². The first kappa shape index (κ1) is 38.4. The highest BCUT2D eigenvalue weighted by Gasteiger charge is 2.70. The van der Waals surface area contributed by atoms with Crippen LogP contribution in [-0.2, 0) is 24.0 Å². The summed E-state index contributed by atoms with van der Waals surface area (Å²) < 4.78 is 26.5. The minimum absolute atomic E-state index is 0.00614. The van der Waals surface area contributed by atoms with E-state index in [0.29, 0.717) is 47.0 Å². The summed E-state index contributed by atoms with van der Waals surface area (Å²) in [6.07, 6.45) is 11.4. The summed E-state index contributed by atoms with van der Waals surface area (Å²) in [5, 5.41) is 32.2. The Morgan fingerprint density at radius 1 is 0.836 bits per heavy atom. The average molecular weight is 767 g/mol. The summed E-state index contributed by atoms with van der Waals surface area (Å²) in [5.41, 5.74) is -0.395. The minimum atomic E-state index is -0.863. The predicted octanol–water partition coefficient (Wildman–Crippen LogP) is 8.86. The van der Waals surface area contributed by atoms with Crippen molar-refractivity contribution in [2.24, 2.45) is 70.0 Å². The summed E-state index contributed by atoms with van der Waals surface area (Å²) >= 11 is 0. The van der Waals surface area contributed by atoms with E-state index in [2.05, 4.69) is 34.6 Å². The van der Waals surface area contributed by atoms with Gasteiger partial charge >= 0.3 is 5.97 Å². The van der Waals surface area contributed by atoms with Crippen molar-refractivity contribution in [1.82, 2.24) is 0 Å². The normalized spacial score (nSPS) is 50.4. The van der Waals surface area contributed by atoms with E-state index in [0.717, 1.165) is 57.8 Å². The zero-order chi connectivity index (χ0) is 38.7. The molecule has 10 rings (SSSR count). The Labute approximate surface area is 327 Å². The molecule has 4 aliphatic heterocycles. The smallest absolute Gasteiger partial charge is 0.303 e. The summed E-state index contributed by atoms with van der Waals surface area (Å²) in [7, 11) is 0. The predicted molar refractivity (Wildman–Crippen MR) is 203 cm³/mol. The van der Waals surface area contributed by atoms with Gasteiger partial charge < -0.3 is 34.3 Å². The minimum Gasteiger partial charge on any atom is -0.508 e. The van der Waals surface area contributed by atoms with Crippen LogP contribution in [0.3, 0.4) is 0 Å². The SMILES string of the molecule is C[C@H]1C(Oc2cc(O)cc(O[C@@H]3CC[C@]4(C)C5CC[C@@]6(C)C(CCC6[C@H](C)CCC(=O)O)C5C[C@H](O)C4C3)c2)OC2O[C@]3(C)CCC4[C@H](C)CCC1[C@@]24OO3. The van der Waals surface area contributed by atoms with Gasteiger partial charge in [-0.15, -0.1) is 0 Å². The van der Waals surface area contributed by atoms with Crippen molar-refractivity contribution < 1.29 is 48.8 Å². The van der Waals surface area contributed by atoms with Gasteiger partial charge in [0, 0.05) is 42.9 Å². The Hall–Kier alpha value is -2.11. The molecule has 10 heteroatoms. The van der Waals surface area contributed by atoms with Gasteiger partial charge in [0.2, 0.25) is 12.1 Å². The van der Waals surface area contributed by atoms with E-state index in [9.17, 15) is 20.1 Å². The van der Waals surface area contributed by atoms with Gasteiger partial charge in [-0.2, -0.15) is 0 Å². The molecule has 2 bridgehead atoms. The molecule has 5 aliphatic carbocycles. The number of aliphatic hydroxyl groups excluding tert-OH is 1. The van der Waals surface area contributed by atoms with Gasteiger partial charge in [0.15, 0.2) is 11.9 Å². The van der Waals surface area contributed by atoms with Gasteiger partial charge in [-0.3, -0.25) is 4.79 Å². The first-order chi connectivity index (χ1) is 26.1. The van der Waals surface area contributed by atoms with E-state index >= 15 is 0 Å². The Kier molecular flexibility index (Phi) is 9.60. The molecule has 3 N–H and O–H groups in total. The lowest BCUT2D eigenvalue weighted by molar-refractivity contribution is -0.575. The summed E-state index contributed by atoms with van der Waals surface area (Å²) in [6, 6.07) is 5.15. The third-order valence-electron chi connectivity index (χ3n) is 17.7. The standard InChI is InChI=1S/C45H66O10/c1-24(8-12-39(48)49)32-10-11-35-31-23-38(47)37-22-28(13-16-43(37,5)36(31)14-17-42(32,35)4)50-29-19-27(46)20-30(21-29)51-40-26(3)34-9-7-25(2)33-15-18-44(6)53-41(52-40)45(33,34)55-54-44/h19-21,24-26,28,31-38,40-41,46-47H,7-18,22-23H2,1-6H3,(H,48,49)/t24-,25-,26-,28-,31?,32?,33?,34?,35?,36?,37?,38+,40?,41?,42-,43-,44+,45-/m1/s1. The van der Waals surface area contributed by atoms with Crippen LogP contribution < -0.4 is 9.47 Å². The molecule has 5 saturated carbocycles. The summed E-state index contributed by atoms with van der Waals surface area (Å²) in [6.45, 7) is 13.6. The van der Waals surface area contributed by atoms with Crippen molar-refractivity contribution in [2.45, 2.75) is 168 Å². The molecule has 9 aliphatic rings. The van der Waals surface area contributed by atoms with Crippen LogP contribution in [0.15, 0.2) is 18.2 Å². The van der Waals surface area contributed by atoms with Gasteiger partial charge in [0.1, 0.15) is 17.2 Å². The number of hydrogen-bond acceptors (Lipinski definition) is 9. The van der Waals surface area contributed by atoms with Crippen LogP contribution in [-0.4, -0.2) is 57.5 Å². The fourth-order valence-electron chi connectivity index (χ4n) is 14.9. The van der Waals surface area contributed by atoms with Crippen molar-refractivity contribution in [3.8, 4) is 17.2 Å². The maximum Gasteiger partial charge on any atom is 0.303 e. The number of rotatable bonds is 8. The highest BCUT2D eigenvalue weighted by atomic mass is 17.3. The van der Waals surface area contributed by atoms with Gasteiger partial charge in [0.05, 0.1) is 12.2 Å². The lowest BCUT2D eigenvalue weighted by Crippen LogP contribution is -2.70. The van der Waals surface area contributed by atoms with Crippen LogP contribution in [0.5, 0.6) is 17.2 Å². The Balaban J connectivity index is 0.872. The molecule has 4 heterocycles. The van der Waals surface area contributed by atoms with Crippen molar-refractivity contribution >= 4 is 5.97 Å². The molecule has 1 spiro atoms. The molecule has 0 amide bonds. The lowest BCUT2D eigenvalue weighted by atomic mass is 9.43. The number of carboxylic acid groups (broad SMARTS) is 1. The summed E-state index contributed by atoms with van der Waals surface area (Å²) in [4.78, 5) is 23.6. The molecule has 10 nitrogen and oxygen atoms in total. The molecule has 1 aromatic rings. The Bertz CT molecular complexity index is 1620. The number of hydrogen-bond donors (Lipinski definition) is 3. The molecule has 55 heavy (non-hydrogen) atoms. The molecule has 306 valence electrons. The third kappa shape index (κ3) is 6.15. The van der Waals surface area contributed by atoms with Crippen LogP contribution in [0.2, 0.25) is 0 Å². The van der Waals surface area contributed by atoms with Crippen molar-refractivity contribution in [1.29, 1.82) is 0 Å². The molecular weight excluding hydrogens is 700 g/mol. The van der Waals surface area contributed by atoms with E-state index in [-0.39, 0.29) is 58.9 Å². The number of benzene rings is 1. The molecule has 0 radical (unpaired) electrons. The van der Waals surface area contributed by atoms with Gasteiger partial charge in [0.25, 0.3) is 0 Å². The molecule has 9 fully saturated rings. The Morgan fingerprint density at radius 2 is 1.55 bits per heavy atom. The summed E-state index contributed by atoms with van der Waals surface area (Å²) in [5.74, 6) is 3.25. The number of phenols is 1. The first-order valence-electron chi connectivity index (χ1n) is 21.9. The second-order valence-electron chi connectivity index (χ2n) is 20.5. The monoisotopic (exact) mass is 766 g/mol. The van der Waals surface area contributed by atoms with Crippen molar-refractivity contribution in [3.63, 3.8) is 0 Å². The molecule has 0 aromatic heterocycles. The van der Waals surface area contributed by atoms with Gasteiger partial charge in [-0.05, 0) is 142 Å².